The van der Waals surface area contributed by atoms with Crippen LogP contribution in [-0.4, -0.2) is 24.3 Å². The number of furan rings is 1. The summed E-state index contributed by atoms with van der Waals surface area (Å²) < 4.78 is 23.0. The largest absolute Gasteiger partial charge is 0.459 e. The van der Waals surface area contributed by atoms with Gasteiger partial charge >= 0.3 is 5.97 Å². The molecule has 0 saturated carbocycles. The first-order valence-corrected chi connectivity index (χ1v) is 8.35. The van der Waals surface area contributed by atoms with Gasteiger partial charge < -0.3 is 14.5 Å². The van der Waals surface area contributed by atoms with Crippen LogP contribution in [0.3, 0.4) is 0 Å². The first kappa shape index (κ1) is 19.0. The van der Waals surface area contributed by atoms with Gasteiger partial charge in [-0.05, 0) is 61.0 Å². The molecular weight excluding hydrogens is 365 g/mol. The van der Waals surface area contributed by atoms with Crippen molar-refractivity contribution in [3.8, 4) is 0 Å². The predicted octanol–water partition coefficient (Wildman–Crippen LogP) is 4.02. The highest BCUT2D eigenvalue weighted by atomic mass is 19.1. The molecule has 7 heteroatoms. The summed E-state index contributed by atoms with van der Waals surface area (Å²) in [5.41, 5.74) is 1.57. The maximum absolute atomic E-state index is 12.9. The molecule has 1 amide bonds. The Hall–Kier alpha value is -3.74. The zero-order chi connectivity index (χ0) is 20.1. The summed E-state index contributed by atoms with van der Waals surface area (Å²) in [4.78, 5) is 36.4. The average Bonchev–Trinajstić information content (AvgIpc) is 3.23. The molecule has 3 aromatic rings. The highest BCUT2D eigenvalue weighted by Gasteiger charge is 2.15. The van der Waals surface area contributed by atoms with E-state index >= 15 is 0 Å². The predicted molar refractivity (Wildman–Crippen MR) is 98.9 cm³/mol. The first-order valence-electron chi connectivity index (χ1n) is 8.35. The van der Waals surface area contributed by atoms with Crippen LogP contribution in [0.1, 0.15) is 36.8 Å². The molecule has 2 aromatic carbocycles. The van der Waals surface area contributed by atoms with Gasteiger partial charge in [0, 0.05) is 11.3 Å². The van der Waals surface area contributed by atoms with E-state index in [-0.39, 0.29) is 16.9 Å². The third-order valence-electron chi connectivity index (χ3n) is 3.97. The van der Waals surface area contributed by atoms with Gasteiger partial charge in [0.1, 0.15) is 5.82 Å². The topological polar surface area (TPSA) is 85.6 Å². The molecule has 0 spiro atoms. The molecule has 0 aliphatic carbocycles. The van der Waals surface area contributed by atoms with Gasteiger partial charge in [0.2, 0.25) is 0 Å². The number of benzene rings is 2. The lowest BCUT2D eigenvalue weighted by Crippen LogP contribution is -2.16. The maximum atomic E-state index is 12.9. The second kappa shape index (κ2) is 8.30. The van der Waals surface area contributed by atoms with E-state index in [0.717, 1.165) is 17.7 Å². The Morgan fingerprint density at radius 2 is 1.75 bits per heavy atom. The highest BCUT2D eigenvalue weighted by molar-refractivity contribution is 6.04. The van der Waals surface area contributed by atoms with Gasteiger partial charge in [-0.15, -0.1) is 0 Å². The lowest BCUT2D eigenvalue weighted by molar-refractivity contribution is 0.0474. The Morgan fingerprint density at radius 3 is 2.43 bits per heavy atom. The molecule has 0 bridgehead atoms. The minimum absolute atomic E-state index is 0.136. The van der Waals surface area contributed by atoms with Crippen LogP contribution in [0.5, 0.6) is 0 Å². The SMILES string of the molecule is Cc1ccc(C(=O)OCC(=O)c2ccc(F)cc2)cc1NC(=O)c1ccco1. The number of ketones is 1. The van der Waals surface area contributed by atoms with Crippen LogP contribution in [0.4, 0.5) is 10.1 Å². The number of aryl methyl sites for hydroxylation is 1. The second-order valence-electron chi connectivity index (χ2n) is 5.97. The van der Waals surface area contributed by atoms with Crippen LogP contribution >= 0.6 is 0 Å². The van der Waals surface area contributed by atoms with Crippen molar-refractivity contribution in [2.24, 2.45) is 0 Å². The number of halogens is 1. The van der Waals surface area contributed by atoms with Gasteiger partial charge in [-0.25, -0.2) is 9.18 Å². The molecule has 0 aliphatic heterocycles. The number of carbonyl (C=O) groups excluding carboxylic acids is 3. The van der Waals surface area contributed by atoms with Crippen molar-refractivity contribution in [1.82, 2.24) is 0 Å². The standard InChI is InChI=1S/C21H16FNO5/c1-13-4-5-15(11-17(13)23-20(25)19-3-2-10-27-19)21(26)28-12-18(24)14-6-8-16(22)9-7-14/h2-11H,12H2,1H3,(H,23,25). The summed E-state index contributed by atoms with van der Waals surface area (Å²) in [6, 6.07) is 12.7. The van der Waals surface area contributed by atoms with E-state index in [1.165, 1.54) is 36.6 Å². The lowest BCUT2D eigenvalue weighted by Gasteiger charge is -2.10. The number of ether oxygens (including phenoxy) is 1. The Balaban J connectivity index is 1.66. The van der Waals surface area contributed by atoms with Gasteiger partial charge in [0.15, 0.2) is 18.2 Å². The zero-order valence-corrected chi connectivity index (χ0v) is 14.9. The Morgan fingerprint density at radius 1 is 1.04 bits per heavy atom. The Labute approximate surface area is 159 Å². The average molecular weight is 381 g/mol. The second-order valence-corrected chi connectivity index (χ2v) is 5.97. The number of Topliss-reactive ketones (excluding diaryl/α,β-unsaturated/α-hetero) is 1. The van der Waals surface area contributed by atoms with Gasteiger partial charge in [0.25, 0.3) is 5.91 Å². The number of esters is 1. The zero-order valence-electron chi connectivity index (χ0n) is 14.9. The number of nitrogens with one attached hydrogen (secondary N) is 1. The first-order chi connectivity index (χ1) is 13.4. The van der Waals surface area contributed by atoms with E-state index in [4.69, 9.17) is 9.15 Å². The van der Waals surface area contributed by atoms with Crippen LogP contribution in [0, 0.1) is 12.7 Å². The Bertz CT molecular complexity index is 1010. The molecule has 142 valence electrons. The monoisotopic (exact) mass is 381 g/mol. The van der Waals surface area contributed by atoms with Crippen molar-refractivity contribution < 1.29 is 27.9 Å². The summed E-state index contributed by atoms with van der Waals surface area (Å²) in [6.45, 7) is 1.29. The smallest absolute Gasteiger partial charge is 0.338 e. The van der Waals surface area contributed by atoms with E-state index in [1.807, 2.05) is 0 Å². The molecule has 0 unspecified atom stereocenters. The van der Waals surface area contributed by atoms with E-state index in [0.29, 0.717) is 5.69 Å². The van der Waals surface area contributed by atoms with Crippen LogP contribution in [-0.2, 0) is 4.74 Å². The van der Waals surface area contributed by atoms with Crippen molar-refractivity contribution in [1.29, 1.82) is 0 Å². The van der Waals surface area contributed by atoms with Crippen molar-refractivity contribution in [2.45, 2.75) is 6.92 Å². The highest BCUT2D eigenvalue weighted by Crippen LogP contribution is 2.19. The molecule has 0 aliphatic rings. The fraction of sp³-hybridized carbons (Fsp3) is 0.0952. The number of rotatable bonds is 6. The number of anilines is 1. The van der Waals surface area contributed by atoms with E-state index < -0.39 is 30.1 Å². The fourth-order valence-corrected chi connectivity index (χ4v) is 2.41. The van der Waals surface area contributed by atoms with Crippen LogP contribution in [0.2, 0.25) is 0 Å². The summed E-state index contributed by atoms with van der Waals surface area (Å²) in [5.74, 6) is -1.95. The van der Waals surface area contributed by atoms with Gasteiger partial charge in [-0.1, -0.05) is 6.07 Å². The molecule has 28 heavy (non-hydrogen) atoms. The minimum atomic E-state index is -0.719. The summed E-state index contributed by atoms with van der Waals surface area (Å²) in [6.07, 6.45) is 1.38. The van der Waals surface area contributed by atoms with E-state index in [9.17, 15) is 18.8 Å². The third kappa shape index (κ3) is 4.50. The van der Waals surface area contributed by atoms with Crippen molar-refractivity contribution >= 4 is 23.3 Å². The molecule has 1 N–H and O–H groups in total. The van der Waals surface area contributed by atoms with Gasteiger partial charge in [-0.3, -0.25) is 9.59 Å². The van der Waals surface area contributed by atoms with Crippen LogP contribution < -0.4 is 5.32 Å². The number of carbonyl (C=O) groups is 3. The van der Waals surface area contributed by atoms with E-state index in [1.54, 1.807) is 19.1 Å². The molecule has 3 rings (SSSR count). The number of amides is 1. The summed E-state index contributed by atoms with van der Waals surface area (Å²) in [5, 5.41) is 2.66. The molecule has 0 atom stereocenters. The quantitative estimate of drug-likeness (QED) is 0.515. The third-order valence-corrected chi connectivity index (χ3v) is 3.97. The lowest BCUT2D eigenvalue weighted by atomic mass is 10.1. The Kier molecular flexibility index (Phi) is 5.64. The summed E-state index contributed by atoms with van der Waals surface area (Å²) in [7, 11) is 0. The molecule has 0 radical (unpaired) electrons. The normalized spacial score (nSPS) is 10.4. The molecule has 0 saturated heterocycles. The van der Waals surface area contributed by atoms with Crippen LogP contribution in [0.15, 0.2) is 65.3 Å². The summed E-state index contributed by atoms with van der Waals surface area (Å²) >= 11 is 0. The fourth-order valence-electron chi connectivity index (χ4n) is 2.41. The molecule has 1 aromatic heterocycles. The molecular formula is C21H16FNO5. The van der Waals surface area contributed by atoms with Gasteiger partial charge in [0.05, 0.1) is 11.8 Å². The minimum Gasteiger partial charge on any atom is -0.459 e. The van der Waals surface area contributed by atoms with Gasteiger partial charge in [-0.2, -0.15) is 0 Å². The van der Waals surface area contributed by atoms with Crippen LogP contribution in [0.25, 0.3) is 0 Å². The number of hydrogen-bond acceptors (Lipinski definition) is 5. The molecule has 0 fully saturated rings. The molecule has 1 heterocycles. The number of hydrogen-bond donors (Lipinski definition) is 1. The molecule has 6 nitrogen and oxygen atoms in total. The van der Waals surface area contributed by atoms with Crippen molar-refractivity contribution in [2.75, 3.05) is 11.9 Å². The maximum Gasteiger partial charge on any atom is 0.338 e. The van der Waals surface area contributed by atoms with Crippen molar-refractivity contribution in [3.63, 3.8) is 0 Å². The van der Waals surface area contributed by atoms with Crippen molar-refractivity contribution in [3.05, 3.63) is 89.1 Å². The van der Waals surface area contributed by atoms with E-state index in [2.05, 4.69) is 5.32 Å².